The number of halogens is 2. The van der Waals surface area contributed by atoms with Crippen LogP contribution in [0.15, 0.2) is 11.7 Å². The van der Waals surface area contributed by atoms with Gasteiger partial charge in [-0.2, -0.15) is 0 Å². The van der Waals surface area contributed by atoms with Gasteiger partial charge in [-0.3, -0.25) is 14.7 Å². The molecule has 122 valence electrons. The molecule has 2 fully saturated rings. The fourth-order valence-electron chi connectivity index (χ4n) is 3.09. The van der Waals surface area contributed by atoms with Crippen LogP contribution in [-0.4, -0.2) is 70.0 Å². The molecule has 22 heavy (non-hydrogen) atoms. The second kappa shape index (κ2) is 5.82. The molecule has 3 rings (SSSR count). The van der Waals surface area contributed by atoms with Gasteiger partial charge in [0.05, 0.1) is 23.9 Å². The molecule has 2 aliphatic rings. The number of hydrogen-bond donors (Lipinski definition) is 1. The van der Waals surface area contributed by atoms with Gasteiger partial charge in [-0.15, -0.1) is 11.3 Å². The largest absolute Gasteiger partial charge is 0.387 e. The van der Waals surface area contributed by atoms with E-state index in [2.05, 4.69) is 4.98 Å². The van der Waals surface area contributed by atoms with Crippen molar-refractivity contribution in [2.24, 2.45) is 0 Å². The third kappa shape index (κ3) is 3.44. The number of hydrogen-bond acceptors (Lipinski definition) is 5. The van der Waals surface area contributed by atoms with Crippen molar-refractivity contribution in [2.45, 2.75) is 30.8 Å². The van der Waals surface area contributed by atoms with Crippen LogP contribution < -0.4 is 0 Å². The summed E-state index contributed by atoms with van der Waals surface area (Å²) < 4.78 is 26.3. The molecule has 1 N–H and O–H groups in total. The van der Waals surface area contributed by atoms with Crippen LogP contribution in [0.25, 0.3) is 0 Å². The normalized spacial score (nSPS) is 29.0. The highest BCUT2D eigenvalue weighted by Crippen LogP contribution is 2.30. The quantitative estimate of drug-likeness (QED) is 0.911. The van der Waals surface area contributed by atoms with Gasteiger partial charge >= 0.3 is 0 Å². The summed E-state index contributed by atoms with van der Waals surface area (Å²) in [5.41, 5.74) is 0.594. The van der Waals surface area contributed by atoms with Crippen molar-refractivity contribution >= 4 is 17.2 Å². The molecule has 0 radical (unpaired) electrons. The Bertz CT molecular complexity index is 530. The Morgan fingerprint density at radius 2 is 2.05 bits per heavy atom. The smallest absolute Gasteiger partial charge is 0.265 e. The zero-order valence-electron chi connectivity index (χ0n) is 12.2. The molecule has 0 saturated carbocycles. The van der Waals surface area contributed by atoms with Crippen molar-refractivity contribution < 1.29 is 18.7 Å². The Hall–Kier alpha value is -1.12. The number of piperidine rings is 1. The number of carbonyl (C=O) groups is 1. The van der Waals surface area contributed by atoms with E-state index in [1.807, 2.05) is 4.90 Å². The van der Waals surface area contributed by atoms with E-state index in [0.29, 0.717) is 24.4 Å². The Balaban J connectivity index is 1.56. The number of nitrogens with zero attached hydrogens (tertiary/aromatic N) is 3. The topological polar surface area (TPSA) is 56.7 Å². The summed E-state index contributed by atoms with van der Waals surface area (Å²) in [5, 5.41) is 10.7. The minimum atomic E-state index is -2.58. The van der Waals surface area contributed by atoms with Gasteiger partial charge in [-0.05, 0) is 6.42 Å². The number of aliphatic hydroxyl groups is 1. The first-order chi connectivity index (χ1) is 10.4. The number of carbonyl (C=O) groups excluding carboxylic acids is 1. The fourth-order valence-corrected chi connectivity index (χ4v) is 3.68. The fraction of sp³-hybridized carbons (Fsp3) is 0.714. The van der Waals surface area contributed by atoms with E-state index in [1.165, 1.54) is 17.5 Å². The highest BCUT2D eigenvalue weighted by Gasteiger charge is 2.42. The van der Waals surface area contributed by atoms with Gasteiger partial charge in [0.1, 0.15) is 4.88 Å². The first-order valence-electron chi connectivity index (χ1n) is 7.37. The first-order valence-corrected chi connectivity index (χ1v) is 8.25. The third-order valence-corrected chi connectivity index (χ3v) is 5.13. The van der Waals surface area contributed by atoms with Gasteiger partial charge in [0, 0.05) is 39.0 Å². The van der Waals surface area contributed by atoms with E-state index in [1.54, 1.807) is 10.4 Å². The first kappa shape index (κ1) is 15.8. The minimum Gasteiger partial charge on any atom is -0.387 e. The zero-order valence-corrected chi connectivity index (χ0v) is 13.0. The molecule has 1 aromatic rings. The molecule has 3 heterocycles. The van der Waals surface area contributed by atoms with Gasteiger partial charge < -0.3 is 10.0 Å². The van der Waals surface area contributed by atoms with Gasteiger partial charge in [-0.25, -0.2) is 8.78 Å². The van der Waals surface area contributed by atoms with E-state index in [4.69, 9.17) is 0 Å². The minimum absolute atomic E-state index is 0.122. The molecule has 0 unspecified atom stereocenters. The lowest BCUT2D eigenvalue weighted by Gasteiger charge is -2.36. The molecule has 5 nitrogen and oxygen atoms in total. The summed E-state index contributed by atoms with van der Waals surface area (Å²) in [6.45, 7) is 1.65. The second-order valence-corrected chi connectivity index (χ2v) is 7.09. The third-order valence-electron chi connectivity index (χ3n) is 4.37. The molecular formula is C14H19F2N3O2S. The van der Waals surface area contributed by atoms with Crippen LogP contribution in [0.2, 0.25) is 0 Å². The number of aromatic nitrogens is 1. The van der Waals surface area contributed by atoms with Crippen molar-refractivity contribution in [3.8, 4) is 0 Å². The number of rotatable bonds is 3. The molecule has 1 atom stereocenters. The Kier molecular flexibility index (Phi) is 4.17. The lowest BCUT2D eigenvalue weighted by molar-refractivity contribution is -0.0720. The average molecular weight is 331 g/mol. The van der Waals surface area contributed by atoms with Crippen LogP contribution in [0.4, 0.5) is 8.78 Å². The van der Waals surface area contributed by atoms with Gasteiger partial charge in [0.25, 0.3) is 11.8 Å². The summed E-state index contributed by atoms with van der Waals surface area (Å²) >= 11 is 1.28. The molecule has 0 aromatic carbocycles. The predicted molar refractivity (Wildman–Crippen MR) is 78.2 cm³/mol. The molecule has 0 spiro atoms. The standard InChI is InChI=1S/C14H19F2N3O2S/c15-14(16)2-4-18(5-3-14)8-13(21)1-6-19(9-13)12(20)11-7-17-10-22-11/h7,10,21H,1-6,8-9H2/t13-/m0/s1. The second-order valence-electron chi connectivity index (χ2n) is 6.20. The maximum absolute atomic E-state index is 13.2. The highest BCUT2D eigenvalue weighted by molar-refractivity contribution is 7.11. The lowest BCUT2D eigenvalue weighted by Crippen LogP contribution is -2.49. The summed E-state index contributed by atoms with van der Waals surface area (Å²) in [7, 11) is 0. The van der Waals surface area contributed by atoms with Crippen LogP contribution in [-0.2, 0) is 0 Å². The maximum atomic E-state index is 13.2. The monoisotopic (exact) mass is 331 g/mol. The molecule has 1 amide bonds. The Morgan fingerprint density at radius 1 is 1.32 bits per heavy atom. The van der Waals surface area contributed by atoms with Crippen LogP contribution in [0, 0.1) is 0 Å². The number of likely N-dealkylation sites (tertiary alicyclic amines) is 2. The molecular weight excluding hydrogens is 312 g/mol. The SMILES string of the molecule is O=C(c1cncs1)N1CC[C@](O)(CN2CCC(F)(F)CC2)C1. The summed E-state index contributed by atoms with van der Waals surface area (Å²) in [5.74, 6) is -2.70. The van der Waals surface area contributed by atoms with Crippen molar-refractivity contribution in [3.63, 3.8) is 0 Å². The van der Waals surface area contributed by atoms with E-state index < -0.39 is 11.5 Å². The molecule has 2 saturated heterocycles. The Labute approximate surface area is 131 Å². The van der Waals surface area contributed by atoms with Crippen molar-refractivity contribution in [1.29, 1.82) is 0 Å². The number of alkyl halides is 2. The van der Waals surface area contributed by atoms with Gasteiger partial charge in [-0.1, -0.05) is 0 Å². The van der Waals surface area contributed by atoms with E-state index in [-0.39, 0.29) is 38.4 Å². The molecule has 8 heteroatoms. The average Bonchev–Trinajstić information content (AvgIpc) is 3.11. The summed E-state index contributed by atoms with van der Waals surface area (Å²) in [4.78, 5) is 20.2. The van der Waals surface area contributed by atoms with Gasteiger partial charge in [0.2, 0.25) is 0 Å². The van der Waals surface area contributed by atoms with Crippen molar-refractivity contribution in [2.75, 3.05) is 32.7 Å². The zero-order chi connectivity index (χ0) is 15.8. The maximum Gasteiger partial charge on any atom is 0.265 e. The van der Waals surface area contributed by atoms with Crippen molar-refractivity contribution in [1.82, 2.24) is 14.8 Å². The lowest BCUT2D eigenvalue weighted by atomic mass is 10.00. The van der Waals surface area contributed by atoms with E-state index >= 15 is 0 Å². The van der Waals surface area contributed by atoms with E-state index in [9.17, 15) is 18.7 Å². The van der Waals surface area contributed by atoms with Crippen LogP contribution in [0.1, 0.15) is 28.9 Å². The summed E-state index contributed by atoms with van der Waals surface area (Å²) in [6.07, 6.45) is 1.68. The van der Waals surface area contributed by atoms with Gasteiger partial charge in [0.15, 0.2) is 0 Å². The molecule has 1 aromatic heterocycles. The number of β-amino-alcohol motifs (C(OH)–C–C–N with tert-alkyl or cyclic N) is 1. The number of amides is 1. The Morgan fingerprint density at radius 3 is 2.68 bits per heavy atom. The van der Waals surface area contributed by atoms with Crippen LogP contribution in [0.3, 0.4) is 0 Å². The predicted octanol–water partition coefficient (Wildman–Crippen LogP) is 1.45. The van der Waals surface area contributed by atoms with Crippen LogP contribution >= 0.6 is 11.3 Å². The molecule has 0 aliphatic carbocycles. The van der Waals surface area contributed by atoms with E-state index in [0.717, 1.165) is 0 Å². The highest BCUT2D eigenvalue weighted by atomic mass is 32.1. The summed E-state index contributed by atoms with van der Waals surface area (Å²) in [6, 6.07) is 0. The van der Waals surface area contributed by atoms with Crippen molar-refractivity contribution in [3.05, 3.63) is 16.6 Å². The molecule has 0 bridgehead atoms. The number of thiazole rings is 1. The molecule has 2 aliphatic heterocycles. The van der Waals surface area contributed by atoms with Crippen LogP contribution in [0.5, 0.6) is 0 Å².